The molecule has 7 unspecified atom stereocenters. The molecule has 0 aromatic heterocycles. The van der Waals surface area contributed by atoms with Gasteiger partial charge in [-0.15, -0.1) is 0 Å². The summed E-state index contributed by atoms with van der Waals surface area (Å²) in [5, 5.41) is 0. The van der Waals surface area contributed by atoms with E-state index in [0.29, 0.717) is 12.0 Å². The molecule has 174 valence electrons. The summed E-state index contributed by atoms with van der Waals surface area (Å²) in [6, 6.07) is 0.411. The van der Waals surface area contributed by atoms with Gasteiger partial charge in [0.1, 0.15) is 0 Å². The highest BCUT2D eigenvalue weighted by molar-refractivity contribution is 4.92. The van der Waals surface area contributed by atoms with Gasteiger partial charge in [0.15, 0.2) is 0 Å². The molecule has 7 atom stereocenters. The maximum atomic E-state index is 6.43. The van der Waals surface area contributed by atoms with Crippen molar-refractivity contribution in [3.63, 3.8) is 0 Å². The van der Waals surface area contributed by atoms with Crippen LogP contribution < -0.4 is 5.73 Å². The number of hydrogen-bond donors (Lipinski definition) is 1. The summed E-state index contributed by atoms with van der Waals surface area (Å²) in [6.45, 7) is 20.2. The molecule has 0 aliphatic heterocycles. The monoisotopic (exact) mass is 407 g/mol. The van der Waals surface area contributed by atoms with E-state index >= 15 is 0 Å². The maximum Gasteiger partial charge on any atom is 0.00647 e. The predicted octanol–water partition coefficient (Wildman–Crippen LogP) is 8.87. The fraction of sp³-hybridized carbons (Fsp3) is 0.929. The molecule has 0 aromatic carbocycles. The lowest BCUT2D eigenvalue weighted by molar-refractivity contribution is 0.110. The Kier molecular flexibility index (Phi) is 16.2. The van der Waals surface area contributed by atoms with E-state index in [1.54, 1.807) is 0 Å². The van der Waals surface area contributed by atoms with E-state index < -0.39 is 0 Å². The zero-order valence-electron chi connectivity index (χ0n) is 21.7. The van der Waals surface area contributed by atoms with Crippen LogP contribution in [-0.4, -0.2) is 6.04 Å². The third-order valence-electron chi connectivity index (χ3n) is 7.97. The van der Waals surface area contributed by atoms with Gasteiger partial charge < -0.3 is 5.73 Å². The predicted molar refractivity (Wildman–Crippen MR) is 134 cm³/mol. The van der Waals surface area contributed by atoms with Crippen LogP contribution in [0.2, 0.25) is 0 Å². The molecular weight excluding hydrogens is 350 g/mol. The second-order valence-electron chi connectivity index (χ2n) is 9.86. The van der Waals surface area contributed by atoms with Crippen molar-refractivity contribution in [1.29, 1.82) is 0 Å². The zero-order chi connectivity index (χ0) is 22.4. The quantitative estimate of drug-likeness (QED) is 0.399. The van der Waals surface area contributed by atoms with Crippen LogP contribution in [0.3, 0.4) is 0 Å². The molecule has 2 aliphatic carbocycles. The van der Waals surface area contributed by atoms with Gasteiger partial charge in [-0.2, -0.15) is 0 Å². The molecule has 0 bridgehead atoms. The molecule has 0 amide bonds. The second-order valence-corrected chi connectivity index (χ2v) is 9.86. The van der Waals surface area contributed by atoms with Crippen LogP contribution in [0, 0.1) is 41.4 Å². The van der Waals surface area contributed by atoms with Crippen molar-refractivity contribution in [3.8, 4) is 0 Å². The summed E-state index contributed by atoms with van der Waals surface area (Å²) < 4.78 is 0. The van der Waals surface area contributed by atoms with E-state index in [9.17, 15) is 0 Å². The molecule has 2 fully saturated rings. The molecular formula is C28H57N. The molecule has 1 nitrogen and oxygen atoms in total. The van der Waals surface area contributed by atoms with Gasteiger partial charge in [-0.25, -0.2) is 0 Å². The van der Waals surface area contributed by atoms with E-state index in [2.05, 4.69) is 60.6 Å². The van der Waals surface area contributed by atoms with Gasteiger partial charge in [-0.1, -0.05) is 86.8 Å². The summed E-state index contributed by atoms with van der Waals surface area (Å²) in [4.78, 5) is 0. The average molecular weight is 408 g/mol. The first-order valence-corrected chi connectivity index (χ1v) is 13.3. The van der Waals surface area contributed by atoms with Crippen molar-refractivity contribution in [2.75, 3.05) is 0 Å². The fourth-order valence-electron chi connectivity index (χ4n) is 6.01. The van der Waals surface area contributed by atoms with E-state index in [0.717, 1.165) is 41.9 Å². The SMILES string of the molecule is CC.CC=CC(CC)CC.CCC(N)C(C)C(C1CCC(C)C1)C1CCCC1C. The highest BCUT2D eigenvalue weighted by Crippen LogP contribution is 2.49. The van der Waals surface area contributed by atoms with Crippen LogP contribution in [0.25, 0.3) is 0 Å². The zero-order valence-corrected chi connectivity index (χ0v) is 21.7. The van der Waals surface area contributed by atoms with Crippen LogP contribution in [0.5, 0.6) is 0 Å². The molecule has 0 radical (unpaired) electrons. The molecule has 0 spiro atoms. The Bertz CT molecular complexity index is 395. The van der Waals surface area contributed by atoms with E-state index in [1.807, 2.05) is 13.8 Å². The first kappa shape index (κ1) is 28.7. The lowest BCUT2D eigenvalue weighted by atomic mass is 9.67. The minimum absolute atomic E-state index is 0.411. The molecule has 2 N–H and O–H groups in total. The van der Waals surface area contributed by atoms with Gasteiger partial charge in [-0.05, 0) is 86.9 Å². The Morgan fingerprint density at radius 1 is 0.931 bits per heavy atom. The van der Waals surface area contributed by atoms with E-state index in [1.165, 1.54) is 51.4 Å². The Morgan fingerprint density at radius 3 is 1.90 bits per heavy atom. The van der Waals surface area contributed by atoms with Gasteiger partial charge in [-0.3, -0.25) is 0 Å². The normalized spacial score (nSPS) is 29.8. The lowest BCUT2D eigenvalue weighted by Crippen LogP contribution is -2.40. The van der Waals surface area contributed by atoms with Crippen molar-refractivity contribution < 1.29 is 0 Å². The van der Waals surface area contributed by atoms with Crippen LogP contribution in [0.1, 0.15) is 120 Å². The fourth-order valence-corrected chi connectivity index (χ4v) is 6.01. The summed E-state index contributed by atoms with van der Waals surface area (Å²) >= 11 is 0. The molecule has 0 heterocycles. The largest absolute Gasteiger partial charge is 0.327 e. The van der Waals surface area contributed by atoms with Crippen LogP contribution in [-0.2, 0) is 0 Å². The number of rotatable bonds is 8. The molecule has 0 aromatic rings. The van der Waals surface area contributed by atoms with Crippen LogP contribution >= 0.6 is 0 Å². The van der Waals surface area contributed by atoms with Crippen molar-refractivity contribution in [1.82, 2.24) is 0 Å². The van der Waals surface area contributed by atoms with Gasteiger partial charge in [0, 0.05) is 6.04 Å². The molecule has 2 aliphatic rings. The van der Waals surface area contributed by atoms with Crippen molar-refractivity contribution in [3.05, 3.63) is 12.2 Å². The van der Waals surface area contributed by atoms with Crippen LogP contribution in [0.4, 0.5) is 0 Å². The Hall–Kier alpha value is -0.300. The van der Waals surface area contributed by atoms with Gasteiger partial charge in [0.05, 0.1) is 0 Å². The van der Waals surface area contributed by atoms with Gasteiger partial charge >= 0.3 is 0 Å². The molecule has 29 heavy (non-hydrogen) atoms. The summed E-state index contributed by atoms with van der Waals surface area (Å²) in [5.74, 6) is 6.25. The van der Waals surface area contributed by atoms with Gasteiger partial charge in [0.2, 0.25) is 0 Å². The van der Waals surface area contributed by atoms with E-state index in [4.69, 9.17) is 5.73 Å². The molecule has 0 saturated heterocycles. The van der Waals surface area contributed by atoms with Crippen molar-refractivity contribution >= 4 is 0 Å². The summed E-state index contributed by atoms with van der Waals surface area (Å²) in [7, 11) is 0. The van der Waals surface area contributed by atoms with Gasteiger partial charge in [0.25, 0.3) is 0 Å². The number of hydrogen-bond acceptors (Lipinski definition) is 1. The second kappa shape index (κ2) is 16.4. The Morgan fingerprint density at radius 2 is 1.55 bits per heavy atom. The van der Waals surface area contributed by atoms with Crippen molar-refractivity contribution in [2.45, 2.75) is 126 Å². The Balaban J connectivity index is 0.000000664. The molecule has 1 heteroatoms. The average Bonchev–Trinajstić information content (AvgIpc) is 3.36. The van der Waals surface area contributed by atoms with Crippen LogP contribution in [0.15, 0.2) is 12.2 Å². The summed E-state index contributed by atoms with van der Waals surface area (Å²) in [6.07, 6.45) is 16.9. The number of allylic oxidation sites excluding steroid dienone is 2. The smallest absolute Gasteiger partial charge is 0.00647 e. The third-order valence-corrected chi connectivity index (χ3v) is 7.97. The standard InChI is InChI=1S/C18H35N.C8H16.C2H6/c1-5-17(19)14(4)18(15-10-9-12(2)11-15)16-8-6-7-13(16)3;1-4-7-8(5-2)6-3;1-2/h12-18H,5-11,19H2,1-4H3;4,7-8H,5-6H2,1-3H3;1-2H3. The highest BCUT2D eigenvalue weighted by Gasteiger charge is 2.41. The Labute approximate surface area is 185 Å². The number of nitrogens with two attached hydrogens (primary N) is 1. The minimum atomic E-state index is 0.411. The maximum absolute atomic E-state index is 6.43. The topological polar surface area (TPSA) is 26.0 Å². The first-order valence-electron chi connectivity index (χ1n) is 13.3. The third kappa shape index (κ3) is 9.58. The first-order chi connectivity index (χ1) is 13.9. The van der Waals surface area contributed by atoms with E-state index in [-0.39, 0.29) is 0 Å². The molecule has 2 rings (SSSR count). The highest BCUT2D eigenvalue weighted by atomic mass is 14.7. The lowest BCUT2D eigenvalue weighted by Gasteiger charge is -2.39. The molecule has 2 saturated carbocycles. The minimum Gasteiger partial charge on any atom is -0.327 e. The summed E-state index contributed by atoms with van der Waals surface area (Å²) in [5.41, 5.74) is 6.43. The van der Waals surface area contributed by atoms with Crippen molar-refractivity contribution in [2.24, 2.45) is 47.2 Å².